The fourth-order valence-electron chi connectivity index (χ4n) is 1.20. The number of rotatable bonds is 9. The maximum atomic E-state index is 11.5. The van der Waals surface area contributed by atoms with Crippen LogP contribution >= 0.6 is 0 Å². The third kappa shape index (κ3) is 5.98. The van der Waals surface area contributed by atoms with E-state index < -0.39 is 0 Å². The molecule has 0 saturated heterocycles. The van der Waals surface area contributed by atoms with Crippen LogP contribution in [0.15, 0.2) is 50.1 Å². The largest absolute Gasteiger partial charge is 0.349 e. The van der Waals surface area contributed by atoms with Gasteiger partial charge in [0.2, 0.25) is 5.91 Å². The standard InChI is InChI=1S/C13H20N2O/c1-5-8-14-13(16)12(4)11-15(9-6-2)10-7-3/h5-7H,1-4,8-11H2,(H,14,16). The first-order chi connectivity index (χ1) is 7.65. The molecule has 0 fully saturated rings. The maximum absolute atomic E-state index is 11.5. The van der Waals surface area contributed by atoms with Crippen molar-refractivity contribution >= 4 is 5.91 Å². The summed E-state index contributed by atoms with van der Waals surface area (Å²) < 4.78 is 0. The zero-order valence-corrected chi connectivity index (χ0v) is 9.74. The van der Waals surface area contributed by atoms with Crippen molar-refractivity contribution in [3.05, 3.63) is 50.1 Å². The molecule has 0 atom stereocenters. The SMILES string of the molecule is C=CCNC(=O)C(=C)CN(CC=C)CC=C. The quantitative estimate of drug-likeness (QED) is 0.472. The summed E-state index contributed by atoms with van der Waals surface area (Å²) in [7, 11) is 0. The number of nitrogens with one attached hydrogen (secondary N) is 1. The second-order valence-electron chi connectivity index (χ2n) is 3.37. The van der Waals surface area contributed by atoms with Crippen LogP contribution in [0.2, 0.25) is 0 Å². The van der Waals surface area contributed by atoms with Gasteiger partial charge in [-0.3, -0.25) is 9.69 Å². The third-order valence-electron chi connectivity index (χ3n) is 1.92. The summed E-state index contributed by atoms with van der Waals surface area (Å²) in [6.07, 6.45) is 5.22. The molecule has 3 heteroatoms. The van der Waals surface area contributed by atoms with Crippen molar-refractivity contribution < 1.29 is 4.79 Å². The molecule has 16 heavy (non-hydrogen) atoms. The Kier molecular flexibility index (Phi) is 7.81. The molecule has 0 aromatic heterocycles. The minimum atomic E-state index is -0.141. The fraction of sp³-hybridized carbons (Fsp3) is 0.308. The lowest BCUT2D eigenvalue weighted by atomic mass is 10.2. The van der Waals surface area contributed by atoms with Gasteiger partial charge in [-0.05, 0) is 0 Å². The minimum Gasteiger partial charge on any atom is -0.349 e. The lowest BCUT2D eigenvalue weighted by Crippen LogP contribution is -2.33. The Bertz CT molecular complexity index is 272. The van der Waals surface area contributed by atoms with Crippen molar-refractivity contribution in [2.75, 3.05) is 26.2 Å². The summed E-state index contributed by atoms with van der Waals surface area (Å²) in [5, 5.41) is 2.69. The van der Waals surface area contributed by atoms with E-state index in [2.05, 4.69) is 31.6 Å². The van der Waals surface area contributed by atoms with Gasteiger partial charge in [-0.2, -0.15) is 0 Å². The molecule has 0 rings (SSSR count). The number of hydrogen-bond acceptors (Lipinski definition) is 2. The van der Waals surface area contributed by atoms with E-state index in [9.17, 15) is 4.79 Å². The summed E-state index contributed by atoms with van der Waals surface area (Å²) in [6.45, 7) is 17.0. The zero-order valence-electron chi connectivity index (χ0n) is 9.74. The Morgan fingerprint density at radius 3 is 2.12 bits per heavy atom. The second-order valence-corrected chi connectivity index (χ2v) is 3.37. The summed E-state index contributed by atoms with van der Waals surface area (Å²) in [4.78, 5) is 13.5. The van der Waals surface area contributed by atoms with Gasteiger partial charge in [-0.1, -0.05) is 24.8 Å². The van der Waals surface area contributed by atoms with Gasteiger partial charge in [0.05, 0.1) is 0 Å². The highest BCUT2D eigenvalue weighted by molar-refractivity contribution is 5.93. The van der Waals surface area contributed by atoms with Gasteiger partial charge in [-0.25, -0.2) is 0 Å². The molecule has 88 valence electrons. The highest BCUT2D eigenvalue weighted by Crippen LogP contribution is 1.98. The molecule has 0 bridgehead atoms. The van der Waals surface area contributed by atoms with Gasteiger partial charge in [0.15, 0.2) is 0 Å². The van der Waals surface area contributed by atoms with Gasteiger partial charge >= 0.3 is 0 Å². The van der Waals surface area contributed by atoms with Crippen LogP contribution in [0.4, 0.5) is 0 Å². The van der Waals surface area contributed by atoms with Gasteiger partial charge in [0, 0.05) is 31.8 Å². The molecule has 0 aromatic carbocycles. The Labute approximate surface area is 97.8 Å². The number of carbonyl (C=O) groups is 1. The average molecular weight is 220 g/mol. The van der Waals surface area contributed by atoms with Crippen LogP contribution in [0.3, 0.4) is 0 Å². The molecule has 0 saturated carbocycles. The lowest BCUT2D eigenvalue weighted by Gasteiger charge is -2.19. The highest BCUT2D eigenvalue weighted by Gasteiger charge is 2.09. The maximum Gasteiger partial charge on any atom is 0.248 e. The predicted molar refractivity (Wildman–Crippen MR) is 69.2 cm³/mol. The normalized spacial score (nSPS) is 9.56. The average Bonchev–Trinajstić information content (AvgIpc) is 2.26. The minimum absolute atomic E-state index is 0.141. The van der Waals surface area contributed by atoms with E-state index in [-0.39, 0.29) is 5.91 Å². The molecule has 0 aliphatic carbocycles. The van der Waals surface area contributed by atoms with E-state index in [0.717, 1.165) is 0 Å². The Balaban J connectivity index is 4.15. The first kappa shape index (κ1) is 14.4. The summed E-state index contributed by atoms with van der Waals surface area (Å²) in [5.74, 6) is -0.141. The van der Waals surface area contributed by atoms with Crippen molar-refractivity contribution in [1.29, 1.82) is 0 Å². The molecule has 0 spiro atoms. The Morgan fingerprint density at radius 1 is 1.12 bits per heavy atom. The molecule has 0 heterocycles. The predicted octanol–water partition coefficient (Wildman–Crippen LogP) is 1.52. The number of hydrogen-bond donors (Lipinski definition) is 1. The van der Waals surface area contributed by atoms with Crippen LogP contribution < -0.4 is 5.32 Å². The van der Waals surface area contributed by atoms with E-state index >= 15 is 0 Å². The molecule has 1 amide bonds. The fourth-order valence-corrected chi connectivity index (χ4v) is 1.20. The number of nitrogens with zero attached hydrogens (tertiary/aromatic N) is 1. The molecule has 3 nitrogen and oxygen atoms in total. The first-order valence-electron chi connectivity index (χ1n) is 5.16. The first-order valence-corrected chi connectivity index (χ1v) is 5.16. The lowest BCUT2D eigenvalue weighted by molar-refractivity contribution is -0.117. The van der Waals surface area contributed by atoms with Crippen LogP contribution in [-0.4, -0.2) is 37.0 Å². The molecule has 0 aromatic rings. The molecule has 0 aliphatic rings. The topological polar surface area (TPSA) is 32.3 Å². The molecular formula is C13H20N2O. The smallest absolute Gasteiger partial charge is 0.248 e. The second kappa shape index (κ2) is 8.68. The molecule has 1 N–H and O–H groups in total. The molecule has 0 radical (unpaired) electrons. The van der Waals surface area contributed by atoms with E-state index in [1.54, 1.807) is 18.2 Å². The van der Waals surface area contributed by atoms with Crippen molar-refractivity contribution in [1.82, 2.24) is 10.2 Å². The molecule has 0 unspecified atom stereocenters. The number of amides is 1. The van der Waals surface area contributed by atoms with Gasteiger partial charge in [0.1, 0.15) is 0 Å². The number of carbonyl (C=O) groups excluding carboxylic acids is 1. The van der Waals surface area contributed by atoms with Crippen LogP contribution in [-0.2, 0) is 4.79 Å². The third-order valence-corrected chi connectivity index (χ3v) is 1.92. The van der Waals surface area contributed by atoms with E-state index in [4.69, 9.17) is 0 Å². The van der Waals surface area contributed by atoms with Crippen LogP contribution in [0.25, 0.3) is 0 Å². The van der Waals surface area contributed by atoms with Gasteiger partial charge < -0.3 is 5.32 Å². The Morgan fingerprint density at radius 2 is 1.69 bits per heavy atom. The highest BCUT2D eigenvalue weighted by atomic mass is 16.1. The van der Waals surface area contributed by atoms with Gasteiger partial charge in [-0.15, -0.1) is 19.7 Å². The monoisotopic (exact) mass is 220 g/mol. The van der Waals surface area contributed by atoms with E-state index in [1.165, 1.54) is 0 Å². The van der Waals surface area contributed by atoms with Crippen molar-refractivity contribution in [3.63, 3.8) is 0 Å². The van der Waals surface area contributed by atoms with Crippen molar-refractivity contribution in [2.24, 2.45) is 0 Å². The van der Waals surface area contributed by atoms with Crippen LogP contribution in [0, 0.1) is 0 Å². The van der Waals surface area contributed by atoms with Gasteiger partial charge in [0.25, 0.3) is 0 Å². The summed E-state index contributed by atoms with van der Waals surface area (Å²) in [5.41, 5.74) is 0.533. The Hall–Kier alpha value is -1.61. The summed E-state index contributed by atoms with van der Waals surface area (Å²) >= 11 is 0. The summed E-state index contributed by atoms with van der Waals surface area (Å²) in [6, 6.07) is 0. The zero-order chi connectivity index (χ0) is 12.4. The molecule has 0 aliphatic heterocycles. The van der Waals surface area contributed by atoms with Crippen molar-refractivity contribution in [3.8, 4) is 0 Å². The molecular weight excluding hydrogens is 200 g/mol. The van der Waals surface area contributed by atoms with Crippen LogP contribution in [0.5, 0.6) is 0 Å². The van der Waals surface area contributed by atoms with E-state index in [1.807, 2.05) is 4.90 Å². The van der Waals surface area contributed by atoms with Crippen molar-refractivity contribution in [2.45, 2.75) is 0 Å². The van der Waals surface area contributed by atoms with E-state index in [0.29, 0.717) is 31.8 Å². The van der Waals surface area contributed by atoms with Crippen LogP contribution in [0.1, 0.15) is 0 Å².